The predicted octanol–water partition coefficient (Wildman–Crippen LogP) is 1.15. The van der Waals surface area contributed by atoms with E-state index in [-0.39, 0.29) is 32.2 Å². The number of ether oxygens (including phenoxy) is 1. The molecule has 2 N–H and O–H groups in total. The fourth-order valence-corrected chi connectivity index (χ4v) is 4.48. The van der Waals surface area contributed by atoms with Crippen LogP contribution in [0, 0.1) is 6.92 Å². The summed E-state index contributed by atoms with van der Waals surface area (Å²) in [5, 5.41) is 10.2. The van der Waals surface area contributed by atoms with Gasteiger partial charge in [-0.2, -0.15) is 0 Å². The van der Waals surface area contributed by atoms with Gasteiger partial charge in [0.25, 0.3) is 5.56 Å². The van der Waals surface area contributed by atoms with Crippen LogP contribution < -0.4 is 11.2 Å². The van der Waals surface area contributed by atoms with Gasteiger partial charge in [-0.25, -0.2) is 4.79 Å². The summed E-state index contributed by atoms with van der Waals surface area (Å²) in [7, 11) is -3.22. The first-order valence-corrected chi connectivity index (χ1v) is 10.1. The van der Waals surface area contributed by atoms with Crippen molar-refractivity contribution in [3.8, 4) is 0 Å². The van der Waals surface area contributed by atoms with E-state index >= 15 is 0 Å². The number of aliphatic hydroxyl groups is 1. The number of aromatic nitrogens is 2. The number of nitrogens with zero attached hydrogens (tertiary/aromatic N) is 1. The standard InChI is InChI=1S/C15H25N2O7P/c1-4-22-25(21,23-5-2)7-6-12-11(18)8-13(24-12)17-9-10(3)14(19)16-15(17)20/h9,11-13,18H,4-8H2,1-3H3,(H,16,19,20)/t11-,12-,13-/m1/s1. The molecule has 9 nitrogen and oxygen atoms in total. The summed E-state index contributed by atoms with van der Waals surface area (Å²) in [6.07, 6.45) is -0.120. The highest BCUT2D eigenvalue weighted by atomic mass is 31.2. The summed E-state index contributed by atoms with van der Waals surface area (Å²) in [5.41, 5.74) is -0.674. The lowest BCUT2D eigenvalue weighted by atomic mass is 10.1. The minimum atomic E-state index is -3.22. The van der Waals surface area contributed by atoms with Crippen molar-refractivity contribution in [2.75, 3.05) is 19.4 Å². The van der Waals surface area contributed by atoms with Crippen molar-refractivity contribution in [3.63, 3.8) is 0 Å². The van der Waals surface area contributed by atoms with E-state index in [1.165, 1.54) is 10.8 Å². The molecular formula is C15H25N2O7P. The molecule has 1 fully saturated rings. The number of H-pyrrole nitrogens is 1. The maximum atomic E-state index is 12.5. The largest absolute Gasteiger partial charge is 0.390 e. The number of aliphatic hydroxyl groups excluding tert-OH is 1. The normalized spacial score (nSPS) is 23.9. The Morgan fingerprint density at radius 3 is 2.60 bits per heavy atom. The van der Waals surface area contributed by atoms with Crippen LogP contribution in [0.1, 0.15) is 38.5 Å². The summed E-state index contributed by atoms with van der Waals surface area (Å²) in [6, 6.07) is 0. The topological polar surface area (TPSA) is 120 Å². The highest BCUT2D eigenvalue weighted by Crippen LogP contribution is 2.49. The van der Waals surface area contributed by atoms with Gasteiger partial charge in [0.2, 0.25) is 0 Å². The van der Waals surface area contributed by atoms with Crippen LogP contribution in [0.15, 0.2) is 15.8 Å². The SMILES string of the molecule is CCOP(=O)(CC[C@H]1O[C@@H](n2cc(C)c(=O)[nH]c2=O)C[C@H]1O)OCC. The quantitative estimate of drug-likeness (QED) is 0.653. The van der Waals surface area contributed by atoms with Crippen molar-refractivity contribution >= 4 is 7.60 Å². The van der Waals surface area contributed by atoms with Gasteiger partial charge in [-0.05, 0) is 27.2 Å². The molecule has 142 valence electrons. The molecule has 0 saturated carbocycles. The van der Waals surface area contributed by atoms with Crippen LogP contribution >= 0.6 is 7.60 Å². The minimum absolute atomic E-state index is 0.114. The second kappa shape index (κ2) is 8.42. The van der Waals surface area contributed by atoms with E-state index in [0.717, 1.165) is 0 Å². The number of hydrogen-bond acceptors (Lipinski definition) is 7. The Bertz CT molecular complexity index is 734. The number of aryl methyl sites for hydroxylation is 1. The van der Waals surface area contributed by atoms with E-state index in [4.69, 9.17) is 13.8 Å². The Labute approximate surface area is 145 Å². The third-order valence-electron chi connectivity index (χ3n) is 4.00. The van der Waals surface area contributed by atoms with Crippen LogP contribution in [-0.2, 0) is 18.3 Å². The molecule has 1 aliphatic rings. The highest BCUT2D eigenvalue weighted by Gasteiger charge is 2.37. The van der Waals surface area contributed by atoms with Crippen LogP contribution in [0.2, 0.25) is 0 Å². The van der Waals surface area contributed by atoms with E-state index < -0.39 is 37.3 Å². The van der Waals surface area contributed by atoms with Gasteiger partial charge in [0.15, 0.2) is 0 Å². The maximum absolute atomic E-state index is 12.5. The first-order valence-electron chi connectivity index (χ1n) is 8.33. The Balaban J connectivity index is 2.06. The zero-order chi connectivity index (χ0) is 18.6. The van der Waals surface area contributed by atoms with Crippen LogP contribution in [0.25, 0.3) is 0 Å². The molecule has 0 radical (unpaired) electrons. The Kier molecular flexibility index (Phi) is 6.76. The molecule has 0 unspecified atom stereocenters. The Hall–Kier alpha value is -1.25. The second-order valence-corrected chi connectivity index (χ2v) is 8.06. The van der Waals surface area contributed by atoms with Gasteiger partial charge in [-0.1, -0.05) is 0 Å². The van der Waals surface area contributed by atoms with Gasteiger partial charge in [0.05, 0.1) is 31.6 Å². The van der Waals surface area contributed by atoms with Crippen LogP contribution in [-0.4, -0.2) is 46.2 Å². The van der Waals surface area contributed by atoms with Crippen LogP contribution in [0.5, 0.6) is 0 Å². The Morgan fingerprint density at radius 1 is 1.36 bits per heavy atom. The monoisotopic (exact) mass is 376 g/mol. The third-order valence-corrected chi connectivity index (χ3v) is 6.11. The summed E-state index contributed by atoms with van der Waals surface area (Å²) >= 11 is 0. The van der Waals surface area contributed by atoms with Gasteiger partial charge in [0, 0.05) is 18.2 Å². The van der Waals surface area contributed by atoms with E-state index in [2.05, 4.69) is 4.98 Å². The van der Waals surface area contributed by atoms with Gasteiger partial charge in [-0.15, -0.1) is 0 Å². The van der Waals surface area contributed by atoms with E-state index in [1.807, 2.05) is 0 Å². The molecule has 25 heavy (non-hydrogen) atoms. The molecule has 1 aromatic rings. The first-order chi connectivity index (χ1) is 11.8. The van der Waals surface area contributed by atoms with Gasteiger partial charge in [0.1, 0.15) is 6.23 Å². The number of nitrogens with one attached hydrogen (secondary N) is 1. The Morgan fingerprint density at radius 2 is 2.00 bits per heavy atom. The van der Waals surface area contributed by atoms with Crippen molar-refractivity contribution in [1.29, 1.82) is 0 Å². The molecule has 10 heteroatoms. The predicted molar refractivity (Wildman–Crippen MR) is 90.9 cm³/mol. The first kappa shape index (κ1) is 20.1. The zero-order valence-electron chi connectivity index (χ0n) is 14.6. The lowest BCUT2D eigenvalue weighted by molar-refractivity contribution is -0.0221. The van der Waals surface area contributed by atoms with Gasteiger partial charge >= 0.3 is 13.3 Å². The van der Waals surface area contributed by atoms with Gasteiger partial charge < -0.3 is 18.9 Å². The average molecular weight is 376 g/mol. The summed E-state index contributed by atoms with van der Waals surface area (Å²) < 4.78 is 29.9. The number of aromatic amines is 1. The second-order valence-electron chi connectivity index (χ2n) is 5.87. The highest BCUT2D eigenvalue weighted by molar-refractivity contribution is 7.53. The van der Waals surface area contributed by atoms with Crippen molar-refractivity contribution in [2.45, 2.75) is 52.0 Å². The van der Waals surface area contributed by atoms with Crippen LogP contribution in [0.4, 0.5) is 0 Å². The molecule has 0 aromatic carbocycles. The molecule has 0 bridgehead atoms. The van der Waals surface area contributed by atoms with E-state index in [0.29, 0.717) is 5.56 Å². The lowest BCUT2D eigenvalue weighted by Gasteiger charge is -2.20. The molecule has 0 spiro atoms. The summed E-state index contributed by atoms with van der Waals surface area (Å²) in [5.74, 6) is 0. The lowest BCUT2D eigenvalue weighted by Crippen LogP contribution is -2.33. The minimum Gasteiger partial charge on any atom is -0.390 e. The molecule has 3 atom stereocenters. The maximum Gasteiger partial charge on any atom is 0.330 e. The molecule has 1 aromatic heterocycles. The van der Waals surface area contributed by atoms with Crippen LogP contribution in [0.3, 0.4) is 0 Å². The van der Waals surface area contributed by atoms with E-state index in [1.54, 1.807) is 20.8 Å². The molecule has 1 saturated heterocycles. The number of hydrogen-bond donors (Lipinski definition) is 2. The smallest absolute Gasteiger partial charge is 0.330 e. The van der Waals surface area contributed by atoms with Crippen molar-refractivity contribution in [3.05, 3.63) is 32.6 Å². The van der Waals surface area contributed by atoms with Gasteiger partial charge in [-0.3, -0.25) is 18.9 Å². The van der Waals surface area contributed by atoms with Crippen molar-refractivity contribution < 1.29 is 23.5 Å². The molecule has 0 amide bonds. The fourth-order valence-electron chi connectivity index (χ4n) is 2.79. The summed E-state index contributed by atoms with van der Waals surface area (Å²) in [6.45, 7) is 5.57. The molecule has 2 heterocycles. The van der Waals surface area contributed by atoms with E-state index in [9.17, 15) is 19.3 Å². The molecule has 1 aliphatic heterocycles. The molecule has 0 aliphatic carbocycles. The molecule has 2 rings (SSSR count). The van der Waals surface area contributed by atoms with Crippen molar-refractivity contribution in [1.82, 2.24) is 9.55 Å². The average Bonchev–Trinajstić information content (AvgIpc) is 2.90. The summed E-state index contributed by atoms with van der Waals surface area (Å²) in [4.78, 5) is 25.6. The number of rotatable bonds is 8. The van der Waals surface area contributed by atoms with Crippen molar-refractivity contribution in [2.24, 2.45) is 0 Å². The zero-order valence-corrected chi connectivity index (χ0v) is 15.5. The molecular weight excluding hydrogens is 351 g/mol. The fraction of sp³-hybridized carbons (Fsp3) is 0.733. The third kappa shape index (κ3) is 4.89.